The summed E-state index contributed by atoms with van der Waals surface area (Å²) in [5, 5.41) is 3.54. The first-order chi connectivity index (χ1) is 9.54. The maximum absolute atomic E-state index is 5.41. The second kappa shape index (κ2) is 8.98. The van der Waals surface area contributed by atoms with Crippen molar-refractivity contribution in [3.05, 3.63) is 29.8 Å². The molecule has 0 fully saturated rings. The van der Waals surface area contributed by atoms with Gasteiger partial charge in [-0.3, -0.25) is 4.90 Å². The lowest BCUT2D eigenvalue weighted by Crippen LogP contribution is -2.38. The van der Waals surface area contributed by atoms with Crippen LogP contribution in [-0.2, 0) is 6.54 Å². The van der Waals surface area contributed by atoms with Crippen LogP contribution >= 0.6 is 0 Å². The van der Waals surface area contributed by atoms with E-state index in [0.717, 1.165) is 31.3 Å². The molecule has 0 heterocycles. The molecule has 1 rings (SSSR count). The van der Waals surface area contributed by atoms with Gasteiger partial charge in [-0.2, -0.15) is 0 Å². The summed E-state index contributed by atoms with van der Waals surface area (Å²) in [6.45, 7) is 9.83. The number of nitrogens with one attached hydrogen (secondary N) is 1. The van der Waals surface area contributed by atoms with Crippen molar-refractivity contribution < 1.29 is 4.74 Å². The van der Waals surface area contributed by atoms with Gasteiger partial charge < -0.3 is 10.1 Å². The van der Waals surface area contributed by atoms with Crippen molar-refractivity contribution in [3.8, 4) is 5.75 Å². The van der Waals surface area contributed by atoms with E-state index < -0.39 is 0 Å². The van der Waals surface area contributed by atoms with Gasteiger partial charge in [-0.15, -0.1) is 0 Å². The topological polar surface area (TPSA) is 24.5 Å². The van der Waals surface area contributed by atoms with E-state index in [1.165, 1.54) is 12.0 Å². The number of methoxy groups -OCH3 is 1. The Balaban J connectivity index is 2.39. The van der Waals surface area contributed by atoms with Gasteiger partial charge in [-0.25, -0.2) is 0 Å². The van der Waals surface area contributed by atoms with Gasteiger partial charge in [-0.05, 0) is 38.9 Å². The van der Waals surface area contributed by atoms with Crippen LogP contribution in [0.1, 0.15) is 32.8 Å². The Morgan fingerprint density at radius 2 is 1.90 bits per heavy atom. The molecule has 1 N–H and O–H groups in total. The number of likely N-dealkylation sites (N-methyl/N-ethyl adjacent to an activating group) is 1. The van der Waals surface area contributed by atoms with E-state index in [4.69, 9.17) is 4.74 Å². The monoisotopic (exact) mass is 278 g/mol. The highest BCUT2D eigenvalue weighted by Gasteiger charge is 2.11. The maximum atomic E-state index is 5.41. The van der Waals surface area contributed by atoms with Gasteiger partial charge in [0.2, 0.25) is 0 Å². The first-order valence-corrected chi connectivity index (χ1v) is 7.57. The van der Waals surface area contributed by atoms with Gasteiger partial charge in [-0.1, -0.05) is 32.0 Å². The number of para-hydroxylation sites is 1. The molecule has 0 saturated heterocycles. The zero-order valence-electron chi connectivity index (χ0n) is 13.6. The highest BCUT2D eigenvalue weighted by molar-refractivity contribution is 5.33. The van der Waals surface area contributed by atoms with E-state index >= 15 is 0 Å². The van der Waals surface area contributed by atoms with E-state index in [2.05, 4.69) is 50.2 Å². The van der Waals surface area contributed by atoms with Crippen LogP contribution in [0.25, 0.3) is 0 Å². The minimum Gasteiger partial charge on any atom is -0.496 e. The second-order valence-corrected chi connectivity index (χ2v) is 5.96. The summed E-state index contributed by atoms with van der Waals surface area (Å²) < 4.78 is 5.41. The zero-order valence-corrected chi connectivity index (χ0v) is 13.6. The zero-order chi connectivity index (χ0) is 15.0. The fraction of sp³-hybridized carbons (Fsp3) is 0.647. The van der Waals surface area contributed by atoms with Crippen LogP contribution in [0.4, 0.5) is 0 Å². The third-order valence-corrected chi connectivity index (χ3v) is 3.70. The minimum absolute atomic E-state index is 0.507. The summed E-state index contributed by atoms with van der Waals surface area (Å²) in [6.07, 6.45) is 1.24. The number of hydrogen-bond acceptors (Lipinski definition) is 3. The Bertz CT molecular complexity index is 379. The molecule has 1 unspecified atom stereocenters. The fourth-order valence-corrected chi connectivity index (χ4v) is 2.12. The summed E-state index contributed by atoms with van der Waals surface area (Å²) in [6, 6.07) is 8.74. The molecule has 3 nitrogen and oxygen atoms in total. The lowest BCUT2D eigenvalue weighted by Gasteiger charge is -2.26. The van der Waals surface area contributed by atoms with Crippen molar-refractivity contribution in [1.29, 1.82) is 0 Å². The van der Waals surface area contributed by atoms with Gasteiger partial charge in [0.1, 0.15) is 5.75 Å². The SMILES string of the molecule is COc1ccccc1CN(C)C(C)CNCCC(C)C. The average molecular weight is 278 g/mol. The number of benzene rings is 1. The molecule has 0 bridgehead atoms. The maximum Gasteiger partial charge on any atom is 0.123 e. The van der Waals surface area contributed by atoms with Crippen molar-refractivity contribution in [2.45, 2.75) is 39.8 Å². The largest absolute Gasteiger partial charge is 0.496 e. The smallest absolute Gasteiger partial charge is 0.123 e. The minimum atomic E-state index is 0.507. The number of hydrogen-bond donors (Lipinski definition) is 1. The average Bonchev–Trinajstić information content (AvgIpc) is 2.43. The van der Waals surface area contributed by atoms with Gasteiger partial charge >= 0.3 is 0 Å². The fourth-order valence-electron chi connectivity index (χ4n) is 2.12. The molecular weight excluding hydrogens is 248 g/mol. The molecule has 1 aromatic rings. The predicted molar refractivity (Wildman–Crippen MR) is 86.2 cm³/mol. The highest BCUT2D eigenvalue weighted by Crippen LogP contribution is 2.19. The third-order valence-electron chi connectivity index (χ3n) is 3.70. The summed E-state index contributed by atoms with van der Waals surface area (Å²) in [4.78, 5) is 2.36. The van der Waals surface area contributed by atoms with E-state index in [9.17, 15) is 0 Å². The number of nitrogens with zero attached hydrogens (tertiary/aromatic N) is 1. The van der Waals surface area contributed by atoms with Crippen LogP contribution in [-0.4, -0.2) is 38.2 Å². The van der Waals surface area contributed by atoms with Gasteiger partial charge in [0.15, 0.2) is 0 Å². The first kappa shape index (κ1) is 17.0. The van der Waals surface area contributed by atoms with Crippen LogP contribution in [0.2, 0.25) is 0 Å². The molecule has 0 amide bonds. The van der Waals surface area contributed by atoms with Crippen molar-refractivity contribution in [2.24, 2.45) is 5.92 Å². The van der Waals surface area contributed by atoms with Crippen LogP contribution in [0.3, 0.4) is 0 Å². The lowest BCUT2D eigenvalue weighted by atomic mass is 10.1. The summed E-state index contributed by atoms with van der Waals surface area (Å²) in [5.41, 5.74) is 1.24. The third kappa shape index (κ3) is 5.93. The molecule has 1 aromatic carbocycles. The molecule has 0 aliphatic rings. The molecule has 1 atom stereocenters. The van der Waals surface area contributed by atoms with Crippen LogP contribution in [0.15, 0.2) is 24.3 Å². The van der Waals surface area contributed by atoms with Crippen molar-refractivity contribution >= 4 is 0 Å². The van der Waals surface area contributed by atoms with E-state index in [1.807, 2.05) is 12.1 Å². The van der Waals surface area contributed by atoms with Gasteiger partial charge in [0, 0.05) is 24.7 Å². The number of ether oxygens (including phenoxy) is 1. The van der Waals surface area contributed by atoms with Crippen molar-refractivity contribution in [3.63, 3.8) is 0 Å². The van der Waals surface area contributed by atoms with Gasteiger partial charge in [0.05, 0.1) is 7.11 Å². The number of rotatable bonds is 9. The molecule has 0 saturated carbocycles. The molecule has 3 heteroatoms. The summed E-state index contributed by atoms with van der Waals surface area (Å²) in [5.74, 6) is 1.74. The molecule has 0 aliphatic carbocycles. The Labute approximate surface area is 124 Å². The summed E-state index contributed by atoms with van der Waals surface area (Å²) >= 11 is 0. The Hall–Kier alpha value is -1.06. The Kier molecular flexibility index (Phi) is 7.63. The molecule has 20 heavy (non-hydrogen) atoms. The molecule has 114 valence electrons. The normalized spacial score (nSPS) is 12.9. The molecule has 0 radical (unpaired) electrons. The second-order valence-electron chi connectivity index (χ2n) is 5.96. The lowest BCUT2D eigenvalue weighted by molar-refractivity contribution is 0.239. The van der Waals surface area contributed by atoms with Crippen LogP contribution in [0.5, 0.6) is 5.75 Å². The van der Waals surface area contributed by atoms with Crippen LogP contribution in [0, 0.1) is 5.92 Å². The predicted octanol–water partition coefficient (Wildman–Crippen LogP) is 3.15. The highest BCUT2D eigenvalue weighted by atomic mass is 16.5. The molecule has 0 aliphatic heterocycles. The summed E-state index contributed by atoms with van der Waals surface area (Å²) in [7, 11) is 3.90. The molecular formula is C17H30N2O. The Morgan fingerprint density at radius 1 is 1.20 bits per heavy atom. The van der Waals surface area contributed by atoms with Crippen molar-refractivity contribution in [2.75, 3.05) is 27.2 Å². The Morgan fingerprint density at radius 3 is 2.55 bits per heavy atom. The molecule has 0 spiro atoms. The van der Waals surface area contributed by atoms with Crippen molar-refractivity contribution in [1.82, 2.24) is 10.2 Å². The van der Waals surface area contributed by atoms with Crippen LogP contribution < -0.4 is 10.1 Å². The standard InChI is InChI=1S/C17H30N2O/c1-14(2)10-11-18-12-15(3)19(4)13-16-8-6-7-9-17(16)20-5/h6-9,14-15,18H,10-13H2,1-5H3. The van der Waals surface area contributed by atoms with E-state index in [-0.39, 0.29) is 0 Å². The quantitative estimate of drug-likeness (QED) is 0.702. The van der Waals surface area contributed by atoms with E-state index in [0.29, 0.717) is 6.04 Å². The van der Waals surface area contributed by atoms with E-state index in [1.54, 1.807) is 7.11 Å². The van der Waals surface area contributed by atoms with Gasteiger partial charge in [0.25, 0.3) is 0 Å². The first-order valence-electron chi connectivity index (χ1n) is 7.57. The molecule has 0 aromatic heterocycles.